The molecule has 1 aliphatic rings. The maximum atomic E-state index is 12.6. The van der Waals surface area contributed by atoms with Gasteiger partial charge in [-0.3, -0.25) is 9.48 Å². The highest BCUT2D eigenvalue weighted by molar-refractivity contribution is 5.76. The molecule has 1 N–H and O–H groups in total. The minimum absolute atomic E-state index is 0.131. The lowest BCUT2D eigenvalue weighted by molar-refractivity contribution is -0.141. The Bertz CT molecular complexity index is 519. The summed E-state index contributed by atoms with van der Waals surface area (Å²) in [6.45, 7) is 3.59. The zero-order valence-electron chi connectivity index (χ0n) is 12.8. The quantitative estimate of drug-likeness (QED) is 0.921. The molecule has 0 unspecified atom stereocenters. The van der Waals surface area contributed by atoms with Crippen LogP contribution in [0.3, 0.4) is 0 Å². The van der Waals surface area contributed by atoms with Crippen LogP contribution in [0.15, 0.2) is 6.07 Å². The zero-order valence-corrected chi connectivity index (χ0v) is 12.8. The van der Waals surface area contributed by atoms with Crippen molar-refractivity contribution in [3.05, 3.63) is 17.5 Å². The molecular formula is C14H21F3N4O. The van der Waals surface area contributed by atoms with Crippen LogP contribution in [0.2, 0.25) is 0 Å². The van der Waals surface area contributed by atoms with Gasteiger partial charge in [0.25, 0.3) is 0 Å². The maximum absolute atomic E-state index is 12.6. The van der Waals surface area contributed by atoms with Gasteiger partial charge in [0.15, 0.2) is 5.69 Å². The van der Waals surface area contributed by atoms with Gasteiger partial charge in [-0.2, -0.15) is 18.3 Å². The van der Waals surface area contributed by atoms with Crippen molar-refractivity contribution in [1.29, 1.82) is 0 Å². The lowest BCUT2D eigenvalue weighted by Gasteiger charge is -2.29. The zero-order chi connectivity index (χ0) is 16.3. The van der Waals surface area contributed by atoms with Crippen molar-refractivity contribution >= 4 is 5.91 Å². The van der Waals surface area contributed by atoms with Crippen molar-refractivity contribution in [3.8, 4) is 0 Å². The van der Waals surface area contributed by atoms with E-state index >= 15 is 0 Å². The number of likely N-dealkylation sites (tertiary alicyclic amines) is 1. The van der Waals surface area contributed by atoms with Gasteiger partial charge in [0.2, 0.25) is 5.91 Å². The first-order chi connectivity index (χ1) is 10.3. The lowest BCUT2D eigenvalue weighted by Crippen LogP contribution is -2.43. The van der Waals surface area contributed by atoms with Crippen molar-refractivity contribution in [1.82, 2.24) is 20.0 Å². The third-order valence-electron chi connectivity index (χ3n) is 3.91. The highest BCUT2D eigenvalue weighted by Crippen LogP contribution is 2.28. The molecule has 0 atom stereocenters. The number of alkyl halides is 3. The van der Waals surface area contributed by atoms with Gasteiger partial charge in [-0.15, -0.1) is 0 Å². The molecule has 0 saturated carbocycles. The van der Waals surface area contributed by atoms with Gasteiger partial charge in [0, 0.05) is 24.7 Å². The Morgan fingerprint density at radius 1 is 1.41 bits per heavy atom. The van der Waals surface area contributed by atoms with E-state index < -0.39 is 11.9 Å². The third kappa shape index (κ3) is 4.46. The molecule has 1 aromatic heterocycles. The van der Waals surface area contributed by atoms with Gasteiger partial charge in [-0.05, 0) is 46.0 Å². The summed E-state index contributed by atoms with van der Waals surface area (Å²) in [6.07, 6.45) is -2.51. The SMILES string of the molecule is Cc1cc(C(F)(F)F)nn1CCC(=O)NC1CCN(C)CC1. The lowest BCUT2D eigenvalue weighted by atomic mass is 10.1. The van der Waals surface area contributed by atoms with E-state index in [9.17, 15) is 18.0 Å². The molecule has 0 radical (unpaired) electrons. The summed E-state index contributed by atoms with van der Waals surface area (Å²) >= 11 is 0. The Kier molecular flexibility index (Phi) is 5.10. The first-order valence-corrected chi connectivity index (χ1v) is 7.35. The number of aromatic nitrogens is 2. The number of nitrogens with one attached hydrogen (secondary N) is 1. The fourth-order valence-corrected chi connectivity index (χ4v) is 2.54. The van der Waals surface area contributed by atoms with Gasteiger partial charge >= 0.3 is 6.18 Å². The number of rotatable bonds is 4. The van der Waals surface area contributed by atoms with Crippen LogP contribution in [0.4, 0.5) is 13.2 Å². The number of aryl methyl sites for hydroxylation is 2. The number of piperidine rings is 1. The summed E-state index contributed by atoms with van der Waals surface area (Å²) in [4.78, 5) is 14.1. The van der Waals surface area contributed by atoms with Crippen LogP contribution in [0, 0.1) is 6.92 Å². The Labute approximate surface area is 127 Å². The summed E-state index contributed by atoms with van der Waals surface area (Å²) in [6, 6.07) is 1.16. The minimum atomic E-state index is -4.45. The highest BCUT2D eigenvalue weighted by atomic mass is 19.4. The Morgan fingerprint density at radius 3 is 2.59 bits per heavy atom. The molecular weight excluding hydrogens is 297 g/mol. The molecule has 22 heavy (non-hydrogen) atoms. The molecule has 0 aliphatic carbocycles. The molecule has 0 aromatic carbocycles. The highest BCUT2D eigenvalue weighted by Gasteiger charge is 2.34. The van der Waals surface area contributed by atoms with E-state index in [2.05, 4.69) is 15.3 Å². The molecule has 5 nitrogen and oxygen atoms in total. The first kappa shape index (κ1) is 16.8. The second-order valence-corrected chi connectivity index (χ2v) is 5.79. The number of hydrogen-bond donors (Lipinski definition) is 1. The van der Waals surface area contributed by atoms with Crippen molar-refractivity contribution in [2.75, 3.05) is 20.1 Å². The van der Waals surface area contributed by atoms with E-state index in [1.165, 1.54) is 4.68 Å². The van der Waals surface area contributed by atoms with Crippen LogP contribution in [-0.2, 0) is 17.5 Å². The topological polar surface area (TPSA) is 50.2 Å². The van der Waals surface area contributed by atoms with Crippen LogP contribution in [0.5, 0.6) is 0 Å². The monoisotopic (exact) mass is 318 g/mol. The second-order valence-electron chi connectivity index (χ2n) is 5.79. The van der Waals surface area contributed by atoms with E-state index in [0.717, 1.165) is 32.0 Å². The van der Waals surface area contributed by atoms with Crippen molar-refractivity contribution in [2.45, 2.75) is 44.9 Å². The Morgan fingerprint density at radius 2 is 2.05 bits per heavy atom. The smallest absolute Gasteiger partial charge is 0.353 e. The molecule has 2 heterocycles. The fourth-order valence-electron chi connectivity index (χ4n) is 2.54. The molecule has 1 aromatic rings. The normalized spacial score (nSPS) is 17.7. The van der Waals surface area contributed by atoms with Crippen LogP contribution >= 0.6 is 0 Å². The van der Waals surface area contributed by atoms with Gasteiger partial charge in [-0.25, -0.2) is 0 Å². The van der Waals surface area contributed by atoms with Crippen LogP contribution in [0.1, 0.15) is 30.7 Å². The second kappa shape index (κ2) is 6.68. The van der Waals surface area contributed by atoms with E-state index in [1.54, 1.807) is 6.92 Å². The number of halogens is 3. The van der Waals surface area contributed by atoms with Crippen molar-refractivity contribution in [3.63, 3.8) is 0 Å². The van der Waals surface area contributed by atoms with Gasteiger partial charge in [-0.1, -0.05) is 0 Å². The summed E-state index contributed by atoms with van der Waals surface area (Å²) in [5, 5.41) is 6.45. The predicted molar refractivity (Wildman–Crippen MR) is 75.2 cm³/mol. The fraction of sp³-hybridized carbons (Fsp3) is 0.714. The number of carbonyl (C=O) groups is 1. The van der Waals surface area contributed by atoms with Crippen molar-refractivity contribution in [2.24, 2.45) is 0 Å². The maximum Gasteiger partial charge on any atom is 0.435 e. The van der Waals surface area contributed by atoms with Crippen LogP contribution in [-0.4, -0.2) is 46.8 Å². The number of carbonyl (C=O) groups excluding carboxylic acids is 1. The molecule has 1 saturated heterocycles. The van der Waals surface area contributed by atoms with E-state index in [0.29, 0.717) is 5.69 Å². The standard InChI is InChI=1S/C14H21F3N4O/c1-10-9-12(14(15,16)17)19-21(10)8-5-13(22)18-11-3-6-20(2)7-4-11/h9,11H,3-8H2,1-2H3,(H,18,22). The van der Waals surface area contributed by atoms with E-state index in [-0.39, 0.29) is 24.9 Å². The average molecular weight is 318 g/mol. The van der Waals surface area contributed by atoms with Gasteiger partial charge in [0.05, 0.1) is 0 Å². The molecule has 2 rings (SSSR count). The number of nitrogens with zero attached hydrogens (tertiary/aromatic N) is 3. The third-order valence-corrected chi connectivity index (χ3v) is 3.91. The van der Waals surface area contributed by atoms with Crippen molar-refractivity contribution < 1.29 is 18.0 Å². The Balaban J connectivity index is 1.82. The first-order valence-electron chi connectivity index (χ1n) is 7.35. The largest absolute Gasteiger partial charge is 0.435 e. The molecule has 1 amide bonds. The Hall–Kier alpha value is -1.57. The molecule has 1 aliphatic heterocycles. The molecule has 1 fully saturated rings. The summed E-state index contributed by atoms with van der Waals surface area (Å²) in [5.41, 5.74) is -0.514. The molecule has 124 valence electrons. The number of amides is 1. The molecule has 0 spiro atoms. The predicted octanol–water partition coefficient (Wildman–Crippen LogP) is 1.81. The number of hydrogen-bond acceptors (Lipinski definition) is 3. The molecule has 8 heteroatoms. The summed E-state index contributed by atoms with van der Waals surface area (Å²) < 4.78 is 38.9. The molecule has 0 bridgehead atoms. The summed E-state index contributed by atoms with van der Waals surface area (Å²) in [7, 11) is 2.04. The average Bonchev–Trinajstić information content (AvgIpc) is 2.80. The van der Waals surface area contributed by atoms with Crippen LogP contribution < -0.4 is 5.32 Å². The minimum Gasteiger partial charge on any atom is -0.353 e. The van der Waals surface area contributed by atoms with E-state index in [1.807, 2.05) is 7.05 Å². The van der Waals surface area contributed by atoms with Crippen LogP contribution in [0.25, 0.3) is 0 Å². The van der Waals surface area contributed by atoms with Gasteiger partial charge < -0.3 is 10.2 Å². The van der Waals surface area contributed by atoms with E-state index in [4.69, 9.17) is 0 Å². The van der Waals surface area contributed by atoms with Gasteiger partial charge in [0.1, 0.15) is 0 Å². The summed E-state index contributed by atoms with van der Waals surface area (Å²) in [5.74, 6) is -0.141.